The molecule has 0 aliphatic heterocycles. The van der Waals surface area contributed by atoms with Crippen molar-refractivity contribution in [3.8, 4) is 0 Å². The van der Waals surface area contributed by atoms with Gasteiger partial charge in [-0.1, -0.05) is 6.92 Å². The molecular weight excluding hydrogens is 244 g/mol. The molecule has 0 saturated heterocycles. The summed E-state index contributed by atoms with van der Waals surface area (Å²) in [5.74, 6) is 1.26. The van der Waals surface area contributed by atoms with E-state index in [1.54, 1.807) is 23.3 Å². The van der Waals surface area contributed by atoms with Crippen molar-refractivity contribution >= 4 is 5.82 Å². The van der Waals surface area contributed by atoms with E-state index in [0.717, 1.165) is 12.2 Å². The minimum atomic E-state index is -0.0812. The van der Waals surface area contributed by atoms with Crippen LogP contribution in [0.1, 0.15) is 19.2 Å². The molecule has 2 aromatic rings. The fraction of sp³-hybridized carbons (Fsp3) is 0.500. The average Bonchev–Trinajstić information content (AvgIpc) is 2.80. The Morgan fingerprint density at radius 3 is 2.95 bits per heavy atom. The van der Waals surface area contributed by atoms with Crippen molar-refractivity contribution in [2.75, 3.05) is 11.9 Å². The summed E-state index contributed by atoms with van der Waals surface area (Å²) in [5, 5.41) is 10.8. The summed E-state index contributed by atoms with van der Waals surface area (Å²) in [7, 11) is 1.89. The van der Waals surface area contributed by atoms with Crippen molar-refractivity contribution < 1.29 is 0 Å². The molecule has 2 heterocycles. The molecule has 0 fully saturated rings. The minimum Gasteiger partial charge on any atom is -0.365 e. The van der Waals surface area contributed by atoms with E-state index in [4.69, 9.17) is 0 Å². The zero-order chi connectivity index (χ0) is 13.7. The Hall–Kier alpha value is -2.18. The van der Waals surface area contributed by atoms with E-state index in [9.17, 15) is 4.79 Å². The number of hydrogen-bond donors (Lipinski definition) is 1. The molecule has 0 spiro atoms. The summed E-state index contributed by atoms with van der Waals surface area (Å²) in [6, 6.07) is 0. The lowest BCUT2D eigenvalue weighted by molar-refractivity contribution is 0.649. The molecule has 0 atom stereocenters. The fourth-order valence-corrected chi connectivity index (χ4v) is 1.81. The van der Waals surface area contributed by atoms with E-state index in [2.05, 4.69) is 20.5 Å². The quantitative estimate of drug-likeness (QED) is 0.817. The van der Waals surface area contributed by atoms with Crippen LogP contribution < -0.4 is 10.9 Å². The molecule has 102 valence electrons. The lowest BCUT2D eigenvalue weighted by Gasteiger charge is -2.07. The van der Waals surface area contributed by atoms with Gasteiger partial charge in [0.15, 0.2) is 5.82 Å². The maximum atomic E-state index is 12.0. The van der Waals surface area contributed by atoms with Gasteiger partial charge in [0.2, 0.25) is 0 Å². The zero-order valence-corrected chi connectivity index (χ0v) is 11.2. The van der Waals surface area contributed by atoms with Crippen LogP contribution in [0.2, 0.25) is 0 Å². The summed E-state index contributed by atoms with van der Waals surface area (Å²) in [6.07, 6.45) is 6.62. The molecule has 0 radical (unpaired) electrons. The van der Waals surface area contributed by atoms with Gasteiger partial charge >= 0.3 is 0 Å². The SMILES string of the molecule is CCCn1ccnc(NCCc2nncn2C)c1=O. The minimum absolute atomic E-state index is 0.0812. The van der Waals surface area contributed by atoms with Gasteiger partial charge in [-0.3, -0.25) is 4.79 Å². The highest BCUT2D eigenvalue weighted by atomic mass is 16.1. The number of nitrogens with zero attached hydrogens (tertiary/aromatic N) is 5. The molecule has 0 aliphatic rings. The monoisotopic (exact) mass is 262 g/mol. The van der Waals surface area contributed by atoms with Crippen molar-refractivity contribution in [3.05, 3.63) is 34.9 Å². The number of aromatic nitrogens is 5. The Kier molecular flexibility index (Phi) is 4.27. The lowest BCUT2D eigenvalue weighted by Crippen LogP contribution is -2.25. The molecule has 0 saturated carbocycles. The number of aryl methyl sites for hydroxylation is 2. The zero-order valence-electron chi connectivity index (χ0n) is 11.2. The van der Waals surface area contributed by atoms with Gasteiger partial charge in [0.05, 0.1) is 0 Å². The van der Waals surface area contributed by atoms with Crippen LogP contribution in [-0.2, 0) is 20.0 Å². The van der Waals surface area contributed by atoms with Crippen LogP contribution in [0.15, 0.2) is 23.5 Å². The Morgan fingerprint density at radius 1 is 1.42 bits per heavy atom. The first-order valence-electron chi connectivity index (χ1n) is 6.34. The summed E-state index contributed by atoms with van der Waals surface area (Å²) in [5.41, 5.74) is -0.0812. The third-order valence-electron chi connectivity index (χ3n) is 2.82. The molecule has 0 amide bonds. The Bertz CT molecular complexity index is 588. The first-order valence-corrected chi connectivity index (χ1v) is 6.34. The first-order chi connectivity index (χ1) is 9.22. The summed E-state index contributed by atoms with van der Waals surface area (Å²) in [6.45, 7) is 3.35. The standard InChI is InChI=1S/C12H18N6O/c1-3-7-18-8-6-14-11(12(18)19)13-5-4-10-16-15-9-17(10)2/h6,8-9H,3-5,7H2,1-2H3,(H,13,14). The van der Waals surface area contributed by atoms with E-state index in [-0.39, 0.29) is 5.56 Å². The van der Waals surface area contributed by atoms with Crippen molar-refractivity contribution in [1.82, 2.24) is 24.3 Å². The predicted octanol–water partition coefficient (Wildman–Crippen LogP) is 0.436. The second kappa shape index (κ2) is 6.12. The fourth-order valence-electron chi connectivity index (χ4n) is 1.81. The lowest BCUT2D eigenvalue weighted by atomic mass is 10.4. The highest BCUT2D eigenvalue weighted by molar-refractivity contribution is 5.30. The Labute approximate surface area is 111 Å². The normalized spacial score (nSPS) is 10.6. The molecule has 0 bridgehead atoms. The Balaban J connectivity index is 1.98. The molecular formula is C12H18N6O. The molecule has 0 aliphatic carbocycles. The smallest absolute Gasteiger partial charge is 0.293 e. The maximum Gasteiger partial charge on any atom is 0.293 e. The average molecular weight is 262 g/mol. The molecule has 1 N–H and O–H groups in total. The van der Waals surface area contributed by atoms with Crippen LogP contribution in [0.3, 0.4) is 0 Å². The first kappa shape index (κ1) is 13.3. The van der Waals surface area contributed by atoms with Crippen molar-refractivity contribution in [1.29, 1.82) is 0 Å². The molecule has 0 aromatic carbocycles. The van der Waals surface area contributed by atoms with Crippen LogP contribution in [0.5, 0.6) is 0 Å². The van der Waals surface area contributed by atoms with Crippen molar-refractivity contribution in [3.63, 3.8) is 0 Å². The molecule has 2 aromatic heterocycles. The number of nitrogens with one attached hydrogen (secondary N) is 1. The molecule has 19 heavy (non-hydrogen) atoms. The second-order valence-electron chi connectivity index (χ2n) is 4.31. The van der Waals surface area contributed by atoms with Crippen LogP contribution in [0.25, 0.3) is 0 Å². The number of anilines is 1. The Morgan fingerprint density at radius 2 is 2.26 bits per heavy atom. The van der Waals surface area contributed by atoms with E-state index in [0.29, 0.717) is 25.3 Å². The van der Waals surface area contributed by atoms with Gasteiger partial charge in [0.1, 0.15) is 12.2 Å². The van der Waals surface area contributed by atoms with Crippen molar-refractivity contribution in [2.45, 2.75) is 26.3 Å². The van der Waals surface area contributed by atoms with Crippen LogP contribution in [0.4, 0.5) is 5.82 Å². The number of rotatable bonds is 6. The molecule has 2 rings (SSSR count). The van der Waals surface area contributed by atoms with Gasteiger partial charge in [-0.05, 0) is 6.42 Å². The topological polar surface area (TPSA) is 77.6 Å². The second-order valence-corrected chi connectivity index (χ2v) is 4.31. The van der Waals surface area contributed by atoms with E-state index in [1.807, 2.05) is 18.5 Å². The molecule has 7 nitrogen and oxygen atoms in total. The van der Waals surface area contributed by atoms with Gasteiger partial charge in [-0.15, -0.1) is 10.2 Å². The molecule has 7 heteroatoms. The number of hydrogen-bond acceptors (Lipinski definition) is 5. The van der Waals surface area contributed by atoms with E-state index < -0.39 is 0 Å². The van der Waals surface area contributed by atoms with Gasteiger partial charge in [0.25, 0.3) is 5.56 Å². The third kappa shape index (κ3) is 3.18. The summed E-state index contributed by atoms with van der Waals surface area (Å²) < 4.78 is 3.52. The van der Waals surface area contributed by atoms with Gasteiger partial charge in [0, 0.05) is 39.0 Å². The van der Waals surface area contributed by atoms with Crippen LogP contribution >= 0.6 is 0 Å². The van der Waals surface area contributed by atoms with E-state index in [1.165, 1.54) is 0 Å². The summed E-state index contributed by atoms with van der Waals surface area (Å²) >= 11 is 0. The summed E-state index contributed by atoms with van der Waals surface area (Å²) in [4.78, 5) is 16.1. The maximum absolute atomic E-state index is 12.0. The largest absolute Gasteiger partial charge is 0.365 e. The van der Waals surface area contributed by atoms with E-state index >= 15 is 0 Å². The van der Waals surface area contributed by atoms with Gasteiger partial charge in [-0.25, -0.2) is 4.98 Å². The highest BCUT2D eigenvalue weighted by Gasteiger charge is 2.05. The predicted molar refractivity (Wildman–Crippen MR) is 72.0 cm³/mol. The molecule has 0 unspecified atom stereocenters. The van der Waals surface area contributed by atoms with Crippen molar-refractivity contribution in [2.24, 2.45) is 7.05 Å². The van der Waals surface area contributed by atoms with Gasteiger partial charge < -0.3 is 14.5 Å². The van der Waals surface area contributed by atoms with Crippen LogP contribution in [0, 0.1) is 0 Å². The highest BCUT2D eigenvalue weighted by Crippen LogP contribution is 1.97. The van der Waals surface area contributed by atoms with Gasteiger partial charge in [-0.2, -0.15) is 0 Å². The third-order valence-corrected chi connectivity index (χ3v) is 2.82. The van der Waals surface area contributed by atoms with Crippen LogP contribution in [-0.4, -0.2) is 30.9 Å².